The predicted octanol–water partition coefficient (Wildman–Crippen LogP) is 4.00. The second-order valence-electron chi connectivity index (χ2n) is 5.14. The van der Waals surface area contributed by atoms with Gasteiger partial charge in [0.05, 0.1) is 17.7 Å². The maximum Gasteiger partial charge on any atom is 0.133 e. The third kappa shape index (κ3) is 6.73. The molecule has 0 heterocycles. The molecule has 0 aliphatic carbocycles. The van der Waals surface area contributed by atoms with E-state index in [1.165, 1.54) is 18.4 Å². The number of ether oxygens (including phenoxy) is 2. The second kappa shape index (κ2) is 10.2. The maximum atomic E-state index is 5.86. The number of hydrogen-bond acceptors (Lipinski definition) is 3. The summed E-state index contributed by atoms with van der Waals surface area (Å²) >= 11 is 3.58. The van der Waals surface area contributed by atoms with Crippen molar-refractivity contribution >= 4 is 15.9 Å². The second-order valence-corrected chi connectivity index (χ2v) is 5.99. The first kappa shape index (κ1) is 17.5. The molecule has 0 aliphatic rings. The van der Waals surface area contributed by atoms with Gasteiger partial charge in [-0.3, -0.25) is 0 Å². The van der Waals surface area contributed by atoms with Crippen molar-refractivity contribution in [3.05, 3.63) is 28.2 Å². The molecular weight excluding hydrogens is 318 g/mol. The van der Waals surface area contributed by atoms with E-state index in [0.29, 0.717) is 5.92 Å². The van der Waals surface area contributed by atoms with E-state index in [1.807, 2.05) is 6.07 Å². The Kier molecular flexibility index (Phi) is 8.90. The summed E-state index contributed by atoms with van der Waals surface area (Å²) in [6.07, 6.45) is 2.41. The zero-order valence-electron chi connectivity index (χ0n) is 12.7. The van der Waals surface area contributed by atoms with Crippen LogP contribution in [0.5, 0.6) is 5.75 Å². The van der Waals surface area contributed by atoms with Crippen LogP contribution in [-0.2, 0) is 11.3 Å². The van der Waals surface area contributed by atoms with Crippen molar-refractivity contribution in [3.63, 3.8) is 0 Å². The van der Waals surface area contributed by atoms with Gasteiger partial charge in [0.1, 0.15) is 5.75 Å². The highest BCUT2D eigenvalue weighted by molar-refractivity contribution is 9.10. The van der Waals surface area contributed by atoms with Gasteiger partial charge in [-0.05, 0) is 46.0 Å². The van der Waals surface area contributed by atoms with Crippen molar-refractivity contribution in [2.24, 2.45) is 5.92 Å². The van der Waals surface area contributed by atoms with Crippen LogP contribution in [0.25, 0.3) is 0 Å². The van der Waals surface area contributed by atoms with Gasteiger partial charge in [-0.1, -0.05) is 26.3 Å². The molecule has 0 aromatic heterocycles. The molecular formula is C16H26BrNO2. The largest absolute Gasteiger partial charge is 0.492 e. The van der Waals surface area contributed by atoms with E-state index in [2.05, 4.69) is 47.2 Å². The third-order valence-corrected chi connectivity index (χ3v) is 3.73. The topological polar surface area (TPSA) is 30.5 Å². The predicted molar refractivity (Wildman–Crippen MR) is 87.3 cm³/mol. The summed E-state index contributed by atoms with van der Waals surface area (Å²) in [4.78, 5) is 0. The molecule has 0 fully saturated rings. The van der Waals surface area contributed by atoms with Crippen LogP contribution in [0.2, 0.25) is 0 Å². The van der Waals surface area contributed by atoms with Crippen LogP contribution in [0.1, 0.15) is 32.3 Å². The first-order chi connectivity index (χ1) is 9.67. The van der Waals surface area contributed by atoms with Crippen LogP contribution in [-0.4, -0.2) is 26.9 Å². The highest BCUT2D eigenvalue weighted by atomic mass is 79.9. The Bertz CT molecular complexity index is 385. The summed E-state index contributed by atoms with van der Waals surface area (Å²) in [6.45, 7) is 7.65. The van der Waals surface area contributed by atoms with E-state index < -0.39 is 0 Å². The summed E-state index contributed by atoms with van der Waals surface area (Å²) in [6, 6.07) is 6.25. The fourth-order valence-electron chi connectivity index (χ4n) is 1.99. The zero-order chi connectivity index (χ0) is 14.8. The van der Waals surface area contributed by atoms with Gasteiger partial charge < -0.3 is 14.8 Å². The Hall–Kier alpha value is -0.580. The molecule has 0 saturated carbocycles. The van der Waals surface area contributed by atoms with Crippen LogP contribution in [0.3, 0.4) is 0 Å². The van der Waals surface area contributed by atoms with Gasteiger partial charge in [0.25, 0.3) is 0 Å². The lowest BCUT2D eigenvalue weighted by molar-refractivity contribution is 0.199. The van der Waals surface area contributed by atoms with Gasteiger partial charge in [-0.15, -0.1) is 0 Å². The minimum absolute atomic E-state index is 0.599. The Morgan fingerprint density at radius 1 is 1.35 bits per heavy atom. The summed E-state index contributed by atoms with van der Waals surface area (Å²) in [5.74, 6) is 1.52. The molecule has 1 rings (SSSR count). The van der Waals surface area contributed by atoms with Crippen molar-refractivity contribution in [2.45, 2.75) is 33.2 Å². The Morgan fingerprint density at radius 3 is 2.80 bits per heavy atom. The van der Waals surface area contributed by atoms with Crippen molar-refractivity contribution in [3.8, 4) is 5.75 Å². The lowest BCUT2D eigenvalue weighted by Gasteiger charge is -2.14. The highest BCUT2D eigenvalue weighted by Crippen LogP contribution is 2.26. The van der Waals surface area contributed by atoms with Crippen molar-refractivity contribution in [1.29, 1.82) is 0 Å². The number of nitrogens with one attached hydrogen (secondary N) is 1. The van der Waals surface area contributed by atoms with Crippen molar-refractivity contribution < 1.29 is 9.47 Å². The number of hydrogen-bond donors (Lipinski definition) is 1. The van der Waals surface area contributed by atoms with E-state index in [1.54, 1.807) is 7.11 Å². The van der Waals surface area contributed by atoms with E-state index in [-0.39, 0.29) is 0 Å². The molecule has 1 aromatic carbocycles. The van der Waals surface area contributed by atoms with E-state index >= 15 is 0 Å². The molecule has 114 valence electrons. The molecule has 0 radical (unpaired) electrons. The summed E-state index contributed by atoms with van der Waals surface area (Å²) in [5.41, 5.74) is 1.24. The highest BCUT2D eigenvalue weighted by Gasteiger charge is 2.06. The Balaban J connectivity index is 2.42. The average Bonchev–Trinajstić information content (AvgIpc) is 2.43. The van der Waals surface area contributed by atoms with E-state index in [4.69, 9.17) is 9.47 Å². The van der Waals surface area contributed by atoms with Gasteiger partial charge in [0.15, 0.2) is 0 Å². The average molecular weight is 344 g/mol. The lowest BCUT2D eigenvalue weighted by Crippen LogP contribution is -2.18. The molecule has 0 aliphatic heterocycles. The van der Waals surface area contributed by atoms with Crippen LogP contribution in [0.4, 0.5) is 0 Å². The van der Waals surface area contributed by atoms with Crippen LogP contribution < -0.4 is 10.1 Å². The molecule has 1 aromatic rings. The number of halogens is 1. The fraction of sp³-hybridized carbons (Fsp3) is 0.625. The zero-order valence-corrected chi connectivity index (χ0v) is 14.3. The molecule has 1 atom stereocenters. The quantitative estimate of drug-likeness (QED) is 0.651. The summed E-state index contributed by atoms with van der Waals surface area (Å²) in [5, 5.41) is 3.33. The molecule has 0 saturated heterocycles. The van der Waals surface area contributed by atoms with Crippen molar-refractivity contribution in [1.82, 2.24) is 5.32 Å². The van der Waals surface area contributed by atoms with Gasteiger partial charge in [-0.2, -0.15) is 0 Å². The molecule has 1 unspecified atom stereocenters. The number of rotatable bonds is 10. The minimum atomic E-state index is 0.599. The Labute approximate surface area is 131 Å². The molecule has 20 heavy (non-hydrogen) atoms. The van der Waals surface area contributed by atoms with Crippen molar-refractivity contribution in [2.75, 3.05) is 26.9 Å². The lowest BCUT2D eigenvalue weighted by atomic mass is 10.1. The van der Waals surface area contributed by atoms with Crippen LogP contribution in [0.15, 0.2) is 22.7 Å². The summed E-state index contributed by atoms with van der Waals surface area (Å²) < 4.78 is 11.9. The van der Waals surface area contributed by atoms with Gasteiger partial charge in [0.2, 0.25) is 0 Å². The standard InChI is InChI=1S/C16H26BrNO2/c1-4-5-13(2)12-20-16-7-6-14(10-15(16)17)11-18-8-9-19-3/h6-7,10,13,18H,4-5,8-9,11-12H2,1-3H3. The van der Waals surface area contributed by atoms with Crippen LogP contribution >= 0.6 is 15.9 Å². The van der Waals surface area contributed by atoms with E-state index in [9.17, 15) is 0 Å². The molecule has 4 heteroatoms. The molecule has 0 spiro atoms. The Morgan fingerprint density at radius 2 is 2.15 bits per heavy atom. The smallest absolute Gasteiger partial charge is 0.133 e. The van der Waals surface area contributed by atoms with Gasteiger partial charge in [-0.25, -0.2) is 0 Å². The van der Waals surface area contributed by atoms with Gasteiger partial charge in [0, 0.05) is 20.2 Å². The molecule has 1 N–H and O–H groups in total. The molecule has 0 bridgehead atoms. The number of methoxy groups -OCH3 is 1. The van der Waals surface area contributed by atoms with Gasteiger partial charge >= 0.3 is 0 Å². The monoisotopic (exact) mass is 343 g/mol. The molecule has 3 nitrogen and oxygen atoms in total. The normalized spacial score (nSPS) is 12.4. The van der Waals surface area contributed by atoms with Crippen LogP contribution in [0, 0.1) is 5.92 Å². The third-order valence-electron chi connectivity index (χ3n) is 3.11. The number of benzene rings is 1. The summed E-state index contributed by atoms with van der Waals surface area (Å²) in [7, 11) is 1.71. The minimum Gasteiger partial charge on any atom is -0.492 e. The fourth-order valence-corrected chi connectivity index (χ4v) is 2.53. The van der Waals surface area contributed by atoms with E-state index in [0.717, 1.165) is 36.5 Å². The molecule has 0 amide bonds. The maximum absolute atomic E-state index is 5.86. The SMILES string of the molecule is CCCC(C)COc1ccc(CNCCOC)cc1Br. The first-order valence-electron chi connectivity index (χ1n) is 7.28. The first-order valence-corrected chi connectivity index (χ1v) is 8.07.